The Labute approximate surface area is 240 Å². The van der Waals surface area contributed by atoms with Gasteiger partial charge in [0.05, 0.1) is 10.8 Å². The lowest BCUT2D eigenvalue weighted by Crippen LogP contribution is -2.50. The molecule has 0 N–H and O–H groups in total. The molecule has 6 aliphatic rings. The van der Waals surface area contributed by atoms with Gasteiger partial charge in [0.25, 0.3) is 0 Å². The zero-order valence-electron chi connectivity index (χ0n) is 24.8. The largest absolute Gasteiger partial charge is 0.457 e. The number of epoxide rings is 2. The summed E-state index contributed by atoms with van der Waals surface area (Å²) >= 11 is 0. The highest BCUT2D eigenvalue weighted by atomic mass is 16.7. The summed E-state index contributed by atoms with van der Waals surface area (Å²) in [5, 5.41) is 0. The lowest BCUT2D eigenvalue weighted by molar-refractivity contribution is -0.187. The van der Waals surface area contributed by atoms with Gasteiger partial charge in [-0.2, -0.15) is 0 Å². The van der Waals surface area contributed by atoms with Crippen molar-refractivity contribution in [1.82, 2.24) is 0 Å². The predicted molar refractivity (Wildman–Crippen MR) is 142 cm³/mol. The highest BCUT2D eigenvalue weighted by molar-refractivity contribution is 5.94. The number of ether oxygens (including phenoxy) is 6. The van der Waals surface area contributed by atoms with Crippen molar-refractivity contribution < 1.29 is 47.6 Å². The molecule has 10 heteroatoms. The minimum absolute atomic E-state index is 0.272. The number of carbonyl (C=O) groups excluding carboxylic acids is 4. The van der Waals surface area contributed by atoms with Gasteiger partial charge in [-0.3, -0.25) is 9.59 Å². The highest BCUT2D eigenvalue weighted by Crippen LogP contribution is 2.67. The first-order chi connectivity index (χ1) is 19.0. The van der Waals surface area contributed by atoms with E-state index < -0.39 is 63.1 Å². The van der Waals surface area contributed by atoms with Crippen LogP contribution in [0.2, 0.25) is 0 Å². The minimum Gasteiger partial charge on any atom is -0.457 e. The molecule has 4 aliphatic heterocycles. The molecule has 4 heterocycles. The van der Waals surface area contributed by atoms with Crippen molar-refractivity contribution in [3.8, 4) is 0 Å². The second-order valence-electron chi connectivity index (χ2n) is 14.1. The fourth-order valence-corrected chi connectivity index (χ4v) is 7.65. The Bertz CT molecular complexity index is 1270. The van der Waals surface area contributed by atoms with E-state index in [2.05, 4.69) is 6.58 Å². The average molecular weight is 573 g/mol. The summed E-state index contributed by atoms with van der Waals surface area (Å²) in [4.78, 5) is 51.6. The zero-order chi connectivity index (χ0) is 30.0. The van der Waals surface area contributed by atoms with E-state index in [0.29, 0.717) is 25.7 Å². The summed E-state index contributed by atoms with van der Waals surface area (Å²) in [6.07, 6.45) is 4.63. The first-order valence-electron chi connectivity index (χ1n) is 14.5. The van der Waals surface area contributed by atoms with Gasteiger partial charge in [-0.15, -0.1) is 0 Å². The van der Waals surface area contributed by atoms with Crippen molar-refractivity contribution >= 4 is 23.9 Å². The van der Waals surface area contributed by atoms with Crippen molar-refractivity contribution in [2.45, 2.75) is 122 Å². The molecule has 4 saturated heterocycles. The van der Waals surface area contributed by atoms with Gasteiger partial charge < -0.3 is 28.4 Å². The molecule has 2 saturated carbocycles. The molecular formula is C31H40O10. The number of esters is 4. The molecule has 2 aliphatic carbocycles. The van der Waals surface area contributed by atoms with Crippen LogP contribution in [0.1, 0.15) is 74.1 Å². The number of carbonyl (C=O) groups is 4. The van der Waals surface area contributed by atoms with Crippen molar-refractivity contribution in [1.29, 1.82) is 0 Å². The van der Waals surface area contributed by atoms with Crippen molar-refractivity contribution in [3.05, 3.63) is 24.8 Å². The molecule has 10 atom stereocenters. The average Bonchev–Trinajstić information content (AvgIpc) is 3.80. The van der Waals surface area contributed by atoms with Crippen LogP contribution in [-0.4, -0.2) is 71.7 Å². The van der Waals surface area contributed by atoms with Crippen LogP contribution in [-0.2, 0) is 47.6 Å². The van der Waals surface area contributed by atoms with Gasteiger partial charge in [-0.25, -0.2) is 9.59 Å². The van der Waals surface area contributed by atoms with Crippen molar-refractivity contribution in [2.75, 3.05) is 0 Å². The van der Waals surface area contributed by atoms with E-state index in [1.807, 2.05) is 53.7 Å². The van der Waals surface area contributed by atoms with Crippen LogP contribution in [0.15, 0.2) is 24.8 Å². The number of fused-ring (bicyclic) bond motifs is 4. The molecule has 0 aromatic heterocycles. The van der Waals surface area contributed by atoms with Crippen LogP contribution in [0.3, 0.4) is 0 Å². The summed E-state index contributed by atoms with van der Waals surface area (Å²) in [5.41, 5.74) is -5.39. The molecule has 0 unspecified atom stereocenters. The van der Waals surface area contributed by atoms with E-state index in [9.17, 15) is 19.2 Å². The standard InChI is InChI=1S/C31H40O10/c1-9-17(39-25(35)31-15-13-29(8,23(33)41-31)27(31,5)6)21-19(38-21)11-10-18-20(37-18)16(2)36-24(34)30-14-12-28(7,22(32)40-30)26(30,3)4/h9-11,16-21H,1,12-15H2,2-8H3/b11-10+/t16-,17-,18+,19+,20+,21-,28+,29+,30-,31-/m1/s1. The van der Waals surface area contributed by atoms with E-state index >= 15 is 0 Å². The molecule has 6 rings (SSSR count). The maximum atomic E-state index is 13.3. The topological polar surface area (TPSA) is 130 Å². The van der Waals surface area contributed by atoms with Gasteiger partial charge in [0.1, 0.15) is 36.6 Å². The van der Waals surface area contributed by atoms with Gasteiger partial charge >= 0.3 is 23.9 Å². The predicted octanol–water partition coefficient (Wildman–Crippen LogP) is 3.35. The Morgan fingerprint density at radius 1 is 0.780 bits per heavy atom. The van der Waals surface area contributed by atoms with E-state index in [1.165, 1.54) is 6.08 Å². The highest BCUT2D eigenvalue weighted by Gasteiger charge is 2.78. The Morgan fingerprint density at radius 2 is 1.22 bits per heavy atom. The molecule has 10 nitrogen and oxygen atoms in total. The van der Waals surface area contributed by atoms with E-state index in [4.69, 9.17) is 28.4 Å². The minimum atomic E-state index is -1.31. The first-order valence-corrected chi connectivity index (χ1v) is 14.5. The molecule has 0 radical (unpaired) electrons. The van der Waals surface area contributed by atoms with Crippen LogP contribution in [0.5, 0.6) is 0 Å². The molecule has 41 heavy (non-hydrogen) atoms. The summed E-state index contributed by atoms with van der Waals surface area (Å²) < 4.78 is 34.3. The van der Waals surface area contributed by atoms with E-state index in [0.717, 1.165) is 0 Å². The van der Waals surface area contributed by atoms with Crippen LogP contribution in [0.25, 0.3) is 0 Å². The van der Waals surface area contributed by atoms with Crippen LogP contribution in [0.4, 0.5) is 0 Å². The fourth-order valence-electron chi connectivity index (χ4n) is 7.65. The molecule has 224 valence electrons. The summed E-state index contributed by atoms with van der Waals surface area (Å²) in [7, 11) is 0. The Hall–Kier alpha value is -2.72. The van der Waals surface area contributed by atoms with Gasteiger partial charge in [0.15, 0.2) is 0 Å². The lowest BCUT2D eigenvalue weighted by Gasteiger charge is -2.35. The van der Waals surface area contributed by atoms with Crippen molar-refractivity contribution in [2.24, 2.45) is 21.7 Å². The quantitative estimate of drug-likeness (QED) is 0.175. The first kappa shape index (κ1) is 28.4. The zero-order valence-corrected chi connectivity index (χ0v) is 24.8. The van der Waals surface area contributed by atoms with Gasteiger partial charge in [0.2, 0.25) is 11.2 Å². The Balaban J connectivity index is 1.02. The number of hydrogen-bond acceptors (Lipinski definition) is 10. The lowest BCUT2D eigenvalue weighted by atomic mass is 9.66. The summed E-state index contributed by atoms with van der Waals surface area (Å²) in [6, 6.07) is 0. The molecule has 0 amide bonds. The third-order valence-corrected chi connectivity index (χ3v) is 12.0. The van der Waals surface area contributed by atoms with Gasteiger partial charge in [-0.05, 0) is 52.5 Å². The second-order valence-corrected chi connectivity index (χ2v) is 14.1. The monoisotopic (exact) mass is 572 g/mol. The SMILES string of the molecule is C=C[C@@H](OC(=O)[C@@]12CC[C@@](C)(C(=O)O1)C2(C)C)[C@H]1O[C@H]1/C=C/[C@@H]1O[C@H]1[C@@H](C)OC(=O)[C@@]12CC[C@@](C)(C(=O)O1)C2(C)C. The third-order valence-electron chi connectivity index (χ3n) is 12.0. The van der Waals surface area contributed by atoms with Crippen molar-refractivity contribution in [3.63, 3.8) is 0 Å². The van der Waals surface area contributed by atoms with E-state index in [1.54, 1.807) is 6.92 Å². The summed E-state index contributed by atoms with van der Waals surface area (Å²) in [5.74, 6) is -1.81. The number of rotatable bonds is 9. The molecule has 0 aromatic carbocycles. The molecular weight excluding hydrogens is 532 g/mol. The van der Waals surface area contributed by atoms with Crippen LogP contribution in [0, 0.1) is 21.7 Å². The molecule has 0 spiro atoms. The Morgan fingerprint density at radius 3 is 1.63 bits per heavy atom. The number of hydrogen-bond donors (Lipinski definition) is 0. The molecule has 6 fully saturated rings. The maximum Gasteiger partial charge on any atom is 0.351 e. The van der Waals surface area contributed by atoms with Crippen LogP contribution < -0.4 is 0 Å². The summed E-state index contributed by atoms with van der Waals surface area (Å²) in [6.45, 7) is 16.8. The Kier molecular flexibility index (Phi) is 5.84. The molecule has 4 bridgehead atoms. The second kappa shape index (κ2) is 8.43. The third kappa shape index (κ3) is 3.43. The smallest absolute Gasteiger partial charge is 0.351 e. The van der Waals surface area contributed by atoms with E-state index in [-0.39, 0.29) is 30.3 Å². The normalized spacial score (nSPS) is 45.6. The maximum absolute atomic E-state index is 13.3. The van der Waals surface area contributed by atoms with Crippen LogP contribution >= 0.6 is 0 Å². The fraction of sp³-hybridized carbons (Fsp3) is 0.742. The molecule has 0 aromatic rings. The van der Waals surface area contributed by atoms with Gasteiger partial charge in [-0.1, -0.05) is 46.4 Å². The van der Waals surface area contributed by atoms with Gasteiger partial charge in [0, 0.05) is 10.8 Å².